The molecule has 0 aliphatic carbocycles. The fourth-order valence-electron chi connectivity index (χ4n) is 3.14. The van der Waals surface area contributed by atoms with Gasteiger partial charge in [-0.3, -0.25) is 14.5 Å². The predicted molar refractivity (Wildman–Crippen MR) is 130 cm³/mol. The highest BCUT2D eigenvalue weighted by Crippen LogP contribution is 2.14. The number of hydrogen-bond donors (Lipinski definition) is 1. The second-order valence-electron chi connectivity index (χ2n) is 7.92. The first kappa shape index (κ1) is 31.2. The van der Waals surface area contributed by atoms with Gasteiger partial charge < -0.3 is 38.9 Å². The first-order valence-corrected chi connectivity index (χ1v) is 12.7. The lowest BCUT2D eigenvalue weighted by atomic mass is 10.4. The summed E-state index contributed by atoms with van der Waals surface area (Å²) in [6.45, 7) is 8.19. The monoisotopic (exact) mass is 531 g/mol. The maximum absolute atomic E-state index is 11.7. The summed E-state index contributed by atoms with van der Waals surface area (Å²) < 4.78 is 39.4. The van der Waals surface area contributed by atoms with Crippen LogP contribution in [0.1, 0.15) is 18.5 Å². The molecule has 1 fully saturated rings. The van der Waals surface area contributed by atoms with Crippen molar-refractivity contribution in [1.82, 2.24) is 19.9 Å². The molecular weight excluding hydrogens is 490 g/mol. The zero-order chi connectivity index (χ0) is 26.4. The zero-order valence-corrected chi connectivity index (χ0v) is 21.6. The summed E-state index contributed by atoms with van der Waals surface area (Å²) in [6.07, 6.45) is 2.25. The van der Waals surface area contributed by atoms with Crippen LogP contribution in [0.5, 0.6) is 0 Å². The molecule has 1 aliphatic rings. The van der Waals surface area contributed by atoms with E-state index in [1.54, 1.807) is 10.9 Å². The molecule has 0 radical (unpaired) electrons. The Hall–Kier alpha value is -2.04. The number of carbonyl (C=O) groups excluding carboxylic acids is 2. The normalized spacial score (nSPS) is 13.8. The van der Waals surface area contributed by atoms with E-state index in [1.165, 1.54) is 4.90 Å². The largest absolute Gasteiger partial charge is 0.378 e. The molecule has 2 amide bonds. The van der Waals surface area contributed by atoms with Crippen LogP contribution in [0.25, 0.3) is 0 Å². The highest BCUT2D eigenvalue weighted by atomic mass is 16.6. The molecule has 1 aliphatic heterocycles. The number of imide groups is 1. The SMILES string of the molecule is NCCOCCOCCOCCOCCOCCOCCOCCn1cc(CN2C(=O)CCC2=O)nn1. The molecule has 2 rings (SSSR count). The van der Waals surface area contributed by atoms with Gasteiger partial charge in [0, 0.05) is 19.4 Å². The van der Waals surface area contributed by atoms with Gasteiger partial charge in [-0.25, -0.2) is 4.68 Å². The summed E-state index contributed by atoms with van der Waals surface area (Å²) in [7, 11) is 0. The quantitative estimate of drug-likeness (QED) is 0.121. The third-order valence-corrected chi connectivity index (χ3v) is 5.02. The molecule has 2 heterocycles. The standard InChI is InChI=1S/C23H41N5O9/c24-3-5-31-7-9-33-11-13-35-15-17-37-18-16-36-14-12-34-10-8-32-6-4-27-19-21(25-26-27)20-28-22(29)1-2-23(28)30/h19H,1-18,20,24H2. The van der Waals surface area contributed by atoms with E-state index in [9.17, 15) is 9.59 Å². The fraction of sp³-hybridized carbons (Fsp3) is 0.826. The Bertz CT molecular complexity index is 721. The van der Waals surface area contributed by atoms with Crippen LogP contribution in [0.4, 0.5) is 0 Å². The van der Waals surface area contributed by atoms with Gasteiger partial charge in [0.05, 0.1) is 112 Å². The van der Waals surface area contributed by atoms with Crippen LogP contribution in [0.3, 0.4) is 0 Å². The van der Waals surface area contributed by atoms with Crippen molar-refractivity contribution in [2.75, 3.05) is 99.0 Å². The van der Waals surface area contributed by atoms with Crippen LogP contribution in [0.15, 0.2) is 6.20 Å². The average Bonchev–Trinajstić information content (AvgIpc) is 3.48. The second kappa shape index (κ2) is 21.0. The topological polar surface area (TPSA) is 159 Å². The van der Waals surface area contributed by atoms with Crippen LogP contribution in [0.2, 0.25) is 0 Å². The lowest BCUT2D eigenvalue weighted by molar-refractivity contribution is -0.139. The molecule has 37 heavy (non-hydrogen) atoms. The number of aromatic nitrogens is 3. The van der Waals surface area contributed by atoms with Crippen molar-refractivity contribution >= 4 is 11.8 Å². The summed E-state index contributed by atoms with van der Waals surface area (Å²) in [5.74, 6) is -0.329. The molecule has 1 aromatic rings. The van der Waals surface area contributed by atoms with E-state index < -0.39 is 0 Å². The van der Waals surface area contributed by atoms with E-state index in [4.69, 9.17) is 38.9 Å². The summed E-state index contributed by atoms with van der Waals surface area (Å²) in [6, 6.07) is 0. The summed E-state index contributed by atoms with van der Waals surface area (Å²) in [5, 5.41) is 8.00. The molecule has 14 heteroatoms. The molecule has 0 aromatic carbocycles. The maximum Gasteiger partial charge on any atom is 0.230 e. The van der Waals surface area contributed by atoms with Gasteiger partial charge >= 0.3 is 0 Å². The molecule has 2 N–H and O–H groups in total. The smallest absolute Gasteiger partial charge is 0.230 e. The van der Waals surface area contributed by atoms with E-state index in [0.717, 1.165) is 0 Å². The molecule has 1 aromatic heterocycles. The summed E-state index contributed by atoms with van der Waals surface area (Å²) in [4.78, 5) is 24.6. The summed E-state index contributed by atoms with van der Waals surface area (Å²) >= 11 is 0. The number of nitrogens with two attached hydrogens (primary N) is 1. The third-order valence-electron chi connectivity index (χ3n) is 5.02. The van der Waals surface area contributed by atoms with Gasteiger partial charge in [0.2, 0.25) is 11.8 Å². The number of carbonyl (C=O) groups is 2. The first-order chi connectivity index (χ1) is 18.2. The number of nitrogens with zero attached hydrogens (tertiary/aromatic N) is 4. The number of rotatable bonds is 25. The molecule has 0 bridgehead atoms. The van der Waals surface area contributed by atoms with Gasteiger partial charge in [-0.1, -0.05) is 5.21 Å². The molecule has 0 spiro atoms. The van der Waals surface area contributed by atoms with Crippen LogP contribution >= 0.6 is 0 Å². The minimum Gasteiger partial charge on any atom is -0.378 e. The van der Waals surface area contributed by atoms with Crippen molar-refractivity contribution in [2.24, 2.45) is 5.73 Å². The molecule has 1 saturated heterocycles. The Labute approximate surface area is 217 Å². The molecule has 212 valence electrons. The van der Waals surface area contributed by atoms with Gasteiger partial charge in [-0.05, 0) is 0 Å². The van der Waals surface area contributed by atoms with Crippen molar-refractivity contribution in [3.8, 4) is 0 Å². The Morgan fingerprint density at radius 1 is 0.649 bits per heavy atom. The lowest BCUT2D eigenvalue weighted by Gasteiger charge is -2.10. The van der Waals surface area contributed by atoms with Crippen LogP contribution < -0.4 is 5.73 Å². The predicted octanol–water partition coefficient (Wildman–Crippen LogP) is -0.998. The van der Waals surface area contributed by atoms with E-state index >= 15 is 0 Å². The maximum atomic E-state index is 11.7. The zero-order valence-electron chi connectivity index (χ0n) is 21.6. The summed E-state index contributed by atoms with van der Waals surface area (Å²) in [5.41, 5.74) is 5.89. The first-order valence-electron chi connectivity index (χ1n) is 12.7. The molecule has 0 saturated carbocycles. The molecule has 0 atom stereocenters. The van der Waals surface area contributed by atoms with Gasteiger partial charge in [0.1, 0.15) is 5.69 Å². The lowest BCUT2D eigenvalue weighted by Crippen LogP contribution is -2.28. The third kappa shape index (κ3) is 15.1. The highest BCUT2D eigenvalue weighted by Gasteiger charge is 2.29. The van der Waals surface area contributed by atoms with Crippen molar-refractivity contribution < 1.29 is 42.7 Å². The van der Waals surface area contributed by atoms with Crippen molar-refractivity contribution in [3.05, 3.63) is 11.9 Å². The average molecular weight is 532 g/mol. The molecule has 14 nitrogen and oxygen atoms in total. The Morgan fingerprint density at radius 2 is 1.05 bits per heavy atom. The number of ether oxygens (including phenoxy) is 7. The van der Waals surface area contributed by atoms with E-state index in [2.05, 4.69) is 10.3 Å². The van der Waals surface area contributed by atoms with Crippen molar-refractivity contribution in [1.29, 1.82) is 0 Å². The Balaban J connectivity index is 1.27. The van der Waals surface area contributed by atoms with Crippen LogP contribution in [-0.4, -0.2) is 131 Å². The van der Waals surface area contributed by atoms with E-state index in [-0.39, 0.29) is 31.2 Å². The second-order valence-corrected chi connectivity index (χ2v) is 7.92. The van der Waals surface area contributed by atoms with E-state index in [0.29, 0.717) is 111 Å². The molecular formula is C23H41N5O9. The van der Waals surface area contributed by atoms with Gasteiger partial charge in [0.15, 0.2) is 0 Å². The minimum atomic E-state index is -0.165. The van der Waals surface area contributed by atoms with Crippen molar-refractivity contribution in [3.63, 3.8) is 0 Å². The van der Waals surface area contributed by atoms with Gasteiger partial charge in [-0.2, -0.15) is 0 Å². The van der Waals surface area contributed by atoms with Gasteiger partial charge in [-0.15, -0.1) is 5.10 Å². The van der Waals surface area contributed by atoms with Crippen molar-refractivity contribution in [2.45, 2.75) is 25.9 Å². The Kier molecular flexibility index (Phi) is 17.7. The van der Waals surface area contributed by atoms with Crippen LogP contribution in [-0.2, 0) is 55.8 Å². The highest BCUT2D eigenvalue weighted by molar-refractivity contribution is 6.01. The number of amides is 2. The van der Waals surface area contributed by atoms with Crippen LogP contribution in [0, 0.1) is 0 Å². The fourth-order valence-corrected chi connectivity index (χ4v) is 3.14. The minimum absolute atomic E-state index is 0.165. The Morgan fingerprint density at radius 3 is 1.49 bits per heavy atom. The van der Waals surface area contributed by atoms with Gasteiger partial charge in [0.25, 0.3) is 0 Å². The number of likely N-dealkylation sites (tertiary alicyclic amines) is 1. The van der Waals surface area contributed by atoms with E-state index in [1.807, 2.05) is 0 Å². The number of hydrogen-bond acceptors (Lipinski definition) is 12. The molecule has 0 unspecified atom stereocenters.